The molecular weight excluding hydrogens is 466 g/mol. The van der Waals surface area contributed by atoms with Crippen molar-refractivity contribution in [2.75, 3.05) is 18.4 Å². The van der Waals surface area contributed by atoms with Crippen LogP contribution in [0.4, 0.5) is 5.69 Å². The van der Waals surface area contributed by atoms with Gasteiger partial charge in [0.05, 0.1) is 22.6 Å². The van der Waals surface area contributed by atoms with Gasteiger partial charge in [0.1, 0.15) is 6.04 Å². The number of imidazole rings is 1. The molecule has 3 heterocycles. The first-order valence-electron chi connectivity index (χ1n) is 12.6. The van der Waals surface area contributed by atoms with Crippen LogP contribution in [-0.4, -0.2) is 62.0 Å². The third-order valence-corrected chi connectivity index (χ3v) is 7.91. The predicted octanol–water partition coefficient (Wildman–Crippen LogP) is 1.22. The summed E-state index contributed by atoms with van der Waals surface area (Å²) in [5.41, 5.74) is 1.81. The van der Waals surface area contributed by atoms with Gasteiger partial charge in [-0.25, -0.2) is 4.79 Å². The zero-order valence-corrected chi connectivity index (χ0v) is 20.2. The number of hydrogen-bond acceptors (Lipinski definition) is 6. The van der Waals surface area contributed by atoms with E-state index in [1.165, 1.54) is 9.13 Å². The van der Waals surface area contributed by atoms with Crippen molar-refractivity contribution in [2.45, 2.75) is 57.0 Å². The topological polar surface area (TPSA) is 143 Å². The average molecular weight is 498 g/mol. The number of imide groups is 1. The van der Waals surface area contributed by atoms with Crippen molar-refractivity contribution >= 4 is 40.4 Å². The van der Waals surface area contributed by atoms with Crippen molar-refractivity contribution in [1.82, 2.24) is 19.4 Å². The standard InChI is InChI=1S/C25H31N5O6/c1-28-21-17(3-2-4-18(21)30(25(28)36)19-9-10-20(31)27-22(19)32)26-16-7-5-14(6-8-16)23(33)29-12-11-15(13-29)24(34)35/h2-4,14-16,19,26H,5-13H2,1H3,(H,34,35)(H,27,31,32)/t14?,15-,16?,19?/m1/s1. The number of nitrogens with zero attached hydrogens (tertiary/aromatic N) is 3. The number of carboxylic acid groups (broad SMARTS) is 1. The van der Waals surface area contributed by atoms with Crippen molar-refractivity contribution < 1.29 is 24.3 Å². The predicted molar refractivity (Wildman–Crippen MR) is 130 cm³/mol. The number of nitrogens with one attached hydrogen (secondary N) is 2. The van der Waals surface area contributed by atoms with E-state index < -0.39 is 23.8 Å². The summed E-state index contributed by atoms with van der Waals surface area (Å²) in [6.07, 6.45) is 3.99. The molecule has 2 aliphatic heterocycles. The zero-order chi connectivity index (χ0) is 25.6. The molecule has 1 aromatic heterocycles. The van der Waals surface area contributed by atoms with Crippen LogP contribution in [0.25, 0.3) is 11.0 Å². The summed E-state index contributed by atoms with van der Waals surface area (Å²) in [6, 6.07) is 4.94. The van der Waals surface area contributed by atoms with Crippen LogP contribution in [0.5, 0.6) is 0 Å². The minimum Gasteiger partial charge on any atom is -0.481 e. The highest BCUT2D eigenvalue weighted by Gasteiger charge is 2.36. The van der Waals surface area contributed by atoms with Gasteiger partial charge in [-0.3, -0.25) is 33.6 Å². The number of carboxylic acids is 1. The van der Waals surface area contributed by atoms with Crippen LogP contribution in [0, 0.1) is 11.8 Å². The van der Waals surface area contributed by atoms with Gasteiger partial charge in [-0.2, -0.15) is 0 Å². The van der Waals surface area contributed by atoms with E-state index in [1.807, 2.05) is 18.2 Å². The number of piperidine rings is 1. The van der Waals surface area contributed by atoms with Crippen molar-refractivity contribution in [3.63, 3.8) is 0 Å². The number of aryl methyl sites for hydroxylation is 1. The summed E-state index contributed by atoms with van der Waals surface area (Å²) < 4.78 is 3.00. The number of amides is 3. The Balaban J connectivity index is 1.29. The monoisotopic (exact) mass is 497 g/mol. The van der Waals surface area contributed by atoms with Crippen LogP contribution in [0.15, 0.2) is 23.0 Å². The SMILES string of the molecule is Cn1c(=O)n(C2CCC(=O)NC2=O)c2cccc(NC3CCC(C(=O)N4CC[C@@H](C(=O)O)C4)CC3)c21. The van der Waals surface area contributed by atoms with Crippen LogP contribution in [0.1, 0.15) is 51.0 Å². The number of aliphatic carboxylic acids is 1. The second-order valence-electron chi connectivity index (χ2n) is 10.2. The first kappa shape index (κ1) is 24.1. The number of rotatable bonds is 5. The van der Waals surface area contributed by atoms with Crippen molar-refractivity contribution in [1.29, 1.82) is 0 Å². The van der Waals surface area contributed by atoms with Gasteiger partial charge in [0, 0.05) is 38.5 Å². The summed E-state index contributed by atoms with van der Waals surface area (Å²) in [7, 11) is 1.67. The number of hydrogen-bond donors (Lipinski definition) is 3. The summed E-state index contributed by atoms with van der Waals surface area (Å²) in [5.74, 6) is -2.13. The molecular formula is C25H31N5O6. The minimum atomic E-state index is -0.840. The highest BCUT2D eigenvalue weighted by atomic mass is 16.4. The van der Waals surface area contributed by atoms with Crippen LogP contribution in [0.2, 0.25) is 0 Å². The number of para-hydroxylation sites is 1. The summed E-state index contributed by atoms with van der Waals surface area (Å²) in [5, 5.41) is 15.1. The van der Waals surface area contributed by atoms with Crippen LogP contribution >= 0.6 is 0 Å². The second-order valence-corrected chi connectivity index (χ2v) is 10.2. The fourth-order valence-electron chi connectivity index (χ4n) is 5.91. The maximum Gasteiger partial charge on any atom is 0.329 e. The fourth-order valence-corrected chi connectivity index (χ4v) is 5.91. The van der Waals surface area contributed by atoms with Crippen molar-refractivity contribution in [3.05, 3.63) is 28.7 Å². The number of benzene rings is 1. The summed E-state index contributed by atoms with van der Waals surface area (Å²) >= 11 is 0. The average Bonchev–Trinajstić information content (AvgIpc) is 3.44. The largest absolute Gasteiger partial charge is 0.481 e. The first-order chi connectivity index (χ1) is 17.2. The maximum atomic E-state index is 13.1. The van der Waals surface area contributed by atoms with Gasteiger partial charge in [0.15, 0.2) is 0 Å². The Morgan fingerprint density at radius 3 is 2.44 bits per heavy atom. The number of fused-ring (bicyclic) bond motifs is 1. The van der Waals surface area contributed by atoms with E-state index in [-0.39, 0.29) is 42.3 Å². The highest BCUT2D eigenvalue weighted by Crippen LogP contribution is 2.32. The molecule has 2 aromatic rings. The number of anilines is 1. The van der Waals surface area contributed by atoms with Gasteiger partial charge in [-0.05, 0) is 50.7 Å². The number of carbonyl (C=O) groups excluding carboxylic acids is 3. The van der Waals surface area contributed by atoms with E-state index in [0.29, 0.717) is 30.5 Å². The van der Waals surface area contributed by atoms with E-state index in [4.69, 9.17) is 0 Å². The van der Waals surface area contributed by atoms with Crippen molar-refractivity contribution in [3.8, 4) is 0 Å². The Hall–Kier alpha value is -3.63. The molecule has 5 rings (SSSR count). The van der Waals surface area contributed by atoms with Crippen LogP contribution in [0.3, 0.4) is 0 Å². The lowest BCUT2D eigenvalue weighted by molar-refractivity contribution is -0.142. The minimum absolute atomic E-state index is 0.0583. The van der Waals surface area contributed by atoms with Gasteiger partial charge >= 0.3 is 11.7 Å². The molecule has 1 unspecified atom stereocenters. The zero-order valence-electron chi connectivity index (χ0n) is 20.2. The van der Waals surface area contributed by atoms with Gasteiger partial charge in [-0.15, -0.1) is 0 Å². The lowest BCUT2D eigenvalue weighted by Crippen LogP contribution is -2.44. The Kier molecular flexibility index (Phi) is 6.31. The molecule has 0 bridgehead atoms. The van der Waals surface area contributed by atoms with Crippen LogP contribution < -0.4 is 16.3 Å². The third-order valence-electron chi connectivity index (χ3n) is 7.91. The summed E-state index contributed by atoms with van der Waals surface area (Å²) in [4.78, 5) is 63.0. The molecule has 36 heavy (non-hydrogen) atoms. The second kappa shape index (κ2) is 9.44. The van der Waals surface area contributed by atoms with Crippen LogP contribution in [-0.2, 0) is 26.2 Å². The smallest absolute Gasteiger partial charge is 0.329 e. The lowest BCUT2D eigenvalue weighted by atomic mass is 9.85. The van der Waals surface area contributed by atoms with Gasteiger partial charge in [0.25, 0.3) is 0 Å². The normalized spacial score (nSPS) is 26.8. The number of carbonyl (C=O) groups is 4. The molecule has 11 heteroatoms. The molecule has 3 N–H and O–H groups in total. The molecule has 1 aromatic carbocycles. The van der Waals surface area contributed by atoms with Gasteiger partial charge < -0.3 is 15.3 Å². The lowest BCUT2D eigenvalue weighted by Gasteiger charge is -2.31. The molecule has 3 aliphatic rings. The molecule has 192 valence electrons. The molecule has 0 radical (unpaired) electrons. The number of aromatic nitrogens is 2. The highest BCUT2D eigenvalue weighted by molar-refractivity contribution is 6.00. The molecule has 2 atom stereocenters. The molecule has 0 spiro atoms. The Morgan fingerprint density at radius 2 is 1.78 bits per heavy atom. The molecule has 3 fully saturated rings. The van der Waals surface area contributed by atoms with Gasteiger partial charge in [0.2, 0.25) is 17.7 Å². The van der Waals surface area contributed by atoms with Crippen molar-refractivity contribution in [2.24, 2.45) is 18.9 Å². The van der Waals surface area contributed by atoms with E-state index in [0.717, 1.165) is 31.4 Å². The third kappa shape index (κ3) is 4.27. The molecule has 2 saturated heterocycles. The Labute approximate surface area is 207 Å². The van der Waals surface area contributed by atoms with E-state index in [9.17, 15) is 29.1 Å². The molecule has 1 saturated carbocycles. The van der Waals surface area contributed by atoms with E-state index in [1.54, 1.807) is 11.9 Å². The molecule has 1 aliphatic carbocycles. The van der Waals surface area contributed by atoms with E-state index in [2.05, 4.69) is 10.6 Å². The number of likely N-dealkylation sites (tertiary alicyclic amines) is 1. The Morgan fingerprint density at radius 1 is 1.03 bits per heavy atom. The van der Waals surface area contributed by atoms with E-state index >= 15 is 0 Å². The first-order valence-corrected chi connectivity index (χ1v) is 12.6. The Bertz CT molecular complexity index is 1290. The quantitative estimate of drug-likeness (QED) is 0.527. The molecule has 3 amide bonds. The maximum absolute atomic E-state index is 13.1. The molecule has 11 nitrogen and oxygen atoms in total. The fraction of sp³-hybridized carbons (Fsp3) is 0.560. The summed E-state index contributed by atoms with van der Waals surface area (Å²) in [6.45, 7) is 0.806. The van der Waals surface area contributed by atoms with Gasteiger partial charge in [-0.1, -0.05) is 6.07 Å².